The van der Waals surface area contributed by atoms with E-state index in [1.807, 2.05) is 39.0 Å². The number of aryl methyl sites for hydroxylation is 1. The van der Waals surface area contributed by atoms with Gasteiger partial charge < -0.3 is 5.32 Å². The van der Waals surface area contributed by atoms with Gasteiger partial charge >= 0.3 is 0 Å². The summed E-state index contributed by atoms with van der Waals surface area (Å²) in [7, 11) is 0. The Labute approximate surface area is 110 Å². The highest BCUT2D eigenvalue weighted by atomic mass is 79.9. The average molecular weight is 305 g/mol. The van der Waals surface area contributed by atoms with Crippen molar-refractivity contribution in [1.29, 1.82) is 0 Å². The zero-order valence-electron chi connectivity index (χ0n) is 9.60. The van der Waals surface area contributed by atoms with Gasteiger partial charge in [-0.3, -0.25) is 4.79 Å². The molecule has 0 aliphatic rings. The minimum atomic E-state index is -0.565. The minimum absolute atomic E-state index is 0.0752. The van der Waals surface area contributed by atoms with Crippen molar-refractivity contribution in [2.45, 2.75) is 20.8 Å². The van der Waals surface area contributed by atoms with Crippen LogP contribution in [0.25, 0.3) is 0 Å². The van der Waals surface area contributed by atoms with E-state index in [0.29, 0.717) is 5.88 Å². The van der Waals surface area contributed by atoms with Gasteiger partial charge in [0.05, 0.1) is 11.1 Å². The van der Waals surface area contributed by atoms with Crippen molar-refractivity contribution in [3.05, 3.63) is 28.2 Å². The van der Waals surface area contributed by atoms with Gasteiger partial charge in [0.1, 0.15) is 0 Å². The summed E-state index contributed by atoms with van der Waals surface area (Å²) < 4.78 is 0.911. The van der Waals surface area contributed by atoms with E-state index in [4.69, 9.17) is 11.6 Å². The largest absolute Gasteiger partial charge is 0.325 e. The molecular weight excluding hydrogens is 289 g/mol. The van der Waals surface area contributed by atoms with E-state index in [1.54, 1.807) is 0 Å². The van der Waals surface area contributed by atoms with E-state index < -0.39 is 5.41 Å². The van der Waals surface area contributed by atoms with Gasteiger partial charge in [-0.15, -0.1) is 11.6 Å². The molecule has 88 valence electrons. The molecule has 0 spiro atoms. The molecule has 1 amide bonds. The van der Waals surface area contributed by atoms with Crippen LogP contribution in [0.2, 0.25) is 0 Å². The molecule has 0 saturated carbocycles. The lowest BCUT2D eigenvalue weighted by Crippen LogP contribution is -2.32. The molecule has 1 aromatic rings. The minimum Gasteiger partial charge on any atom is -0.325 e. The molecule has 0 atom stereocenters. The number of benzene rings is 1. The van der Waals surface area contributed by atoms with Crippen molar-refractivity contribution in [2.24, 2.45) is 5.41 Å². The Balaban J connectivity index is 2.90. The second-order valence-electron chi connectivity index (χ2n) is 4.41. The molecule has 1 rings (SSSR count). The third-order valence-corrected chi connectivity index (χ3v) is 4.11. The van der Waals surface area contributed by atoms with Crippen LogP contribution in [0, 0.1) is 12.3 Å². The maximum absolute atomic E-state index is 11.9. The highest BCUT2D eigenvalue weighted by molar-refractivity contribution is 9.10. The summed E-state index contributed by atoms with van der Waals surface area (Å²) in [6.45, 7) is 5.62. The number of hydrogen-bond donors (Lipinski definition) is 1. The van der Waals surface area contributed by atoms with E-state index in [-0.39, 0.29) is 5.91 Å². The van der Waals surface area contributed by atoms with Crippen molar-refractivity contribution >= 4 is 39.1 Å². The summed E-state index contributed by atoms with van der Waals surface area (Å²) in [4.78, 5) is 11.9. The zero-order chi connectivity index (χ0) is 12.3. The van der Waals surface area contributed by atoms with Gasteiger partial charge in [-0.1, -0.05) is 12.1 Å². The molecule has 16 heavy (non-hydrogen) atoms. The third-order valence-electron chi connectivity index (χ3n) is 2.39. The number of nitrogens with one attached hydrogen (secondary N) is 1. The van der Waals surface area contributed by atoms with Crippen molar-refractivity contribution in [3.63, 3.8) is 0 Å². The predicted molar refractivity (Wildman–Crippen MR) is 72.0 cm³/mol. The Morgan fingerprint density at radius 3 is 2.69 bits per heavy atom. The molecule has 1 aromatic carbocycles. The van der Waals surface area contributed by atoms with Crippen LogP contribution in [0.4, 0.5) is 5.69 Å². The summed E-state index contributed by atoms with van der Waals surface area (Å²) in [6, 6.07) is 5.75. The third kappa shape index (κ3) is 2.98. The highest BCUT2D eigenvalue weighted by Gasteiger charge is 2.26. The first-order valence-electron chi connectivity index (χ1n) is 5.01. The monoisotopic (exact) mass is 303 g/mol. The molecule has 0 fully saturated rings. The first kappa shape index (κ1) is 13.5. The molecule has 0 radical (unpaired) electrons. The van der Waals surface area contributed by atoms with Gasteiger partial charge in [-0.25, -0.2) is 0 Å². The van der Waals surface area contributed by atoms with Crippen molar-refractivity contribution in [1.82, 2.24) is 0 Å². The molecule has 0 heterocycles. The van der Waals surface area contributed by atoms with E-state index in [0.717, 1.165) is 15.7 Å². The van der Waals surface area contributed by atoms with Crippen LogP contribution in [0.1, 0.15) is 19.4 Å². The van der Waals surface area contributed by atoms with E-state index in [9.17, 15) is 4.79 Å². The maximum Gasteiger partial charge on any atom is 0.231 e. The van der Waals surface area contributed by atoms with Gasteiger partial charge in [0, 0.05) is 10.4 Å². The lowest BCUT2D eigenvalue weighted by Gasteiger charge is -2.21. The van der Waals surface area contributed by atoms with Crippen LogP contribution in [0.15, 0.2) is 22.7 Å². The fourth-order valence-corrected chi connectivity index (χ4v) is 1.58. The number of halogens is 2. The smallest absolute Gasteiger partial charge is 0.231 e. The van der Waals surface area contributed by atoms with Crippen LogP contribution in [-0.4, -0.2) is 11.8 Å². The molecule has 0 aromatic heterocycles. The number of rotatable bonds is 3. The van der Waals surface area contributed by atoms with Gasteiger partial charge in [0.2, 0.25) is 5.91 Å². The molecular formula is C12H15BrClNO. The fraction of sp³-hybridized carbons (Fsp3) is 0.417. The lowest BCUT2D eigenvalue weighted by molar-refractivity contribution is -0.122. The SMILES string of the molecule is Cc1cccc(NC(=O)C(C)(C)CCl)c1Br. The van der Waals surface area contributed by atoms with Crippen LogP contribution in [0.5, 0.6) is 0 Å². The van der Waals surface area contributed by atoms with Crippen LogP contribution < -0.4 is 5.32 Å². The van der Waals surface area contributed by atoms with Gasteiger partial charge in [-0.05, 0) is 48.3 Å². The number of anilines is 1. The predicted octanol–water partition coefficient (Wildman–Crippen LogP) is 3.96. The number of hydrogen-bond acceptors (Lipinski definition) is 1. The number of alkyl halides is 1. The Kier molecular flexibility index (Phi) is 4.39. The second-order valence-corrected chi connectivity index (χ2v) is 5.47. The first-order chi connectivity index (χ1) is 7.38. The Morgan fingerprint density at radius 2 is 2.12 bits per heavy atom. The summed E-state index contributed by atoms with van der Waals surface area (Å²) in [5.74, 6) is 0.219. The fourth-order valence-electron chi connectivity index (χ4n) is 1.10. The van der Waals surface area contributed by atoms with E-state index in [2.05, 4.69) is 21.2 Å². The molecule has 0 saturated heterocycles. The number of carbonyl (C=O) groups excluding carboxylic acids is 1. The Hall–Kier alpha value is -0.540. The van der Waals surface area contributed by atoms with Crippen LogP contribution in [-0.2, 0) is 4.79 Å². The van der Waals surface area contributed by atoms with Gasteiger partial charge in [-0.2, -0.15) is 0 Å². The summed E-state index contributed by atoms with van der Waals surface area (Å²) >= 11 is 9.20. The molecule has 0 bridgehead atoms. The molecule has 4 heteroatoms. The first-order valence-corrected chi connectivity index (χ1v) is 6.34. The zero-order valence-corrected chi connectivity index (χ0v) is 11.9. The normalized spacial score (nSPS) is 11.3. The topological polar surface area (TPSA) is 29.1 Å². The van der Waals surface area contributed by atoms with Gasteiger partial charge in [0.25, 0.3) is 0 Å². The van der Waals surface area contributed by atoms with Crippen LogP contribution in [0.3, 0.4) is 0 Å². The molecule has 2 nitrogen and oxygen atoms in total. The van der Waals surface area contributed by atoms with Gasteiger partial charge in [0.15, 0.2) is 0 Å². The summed E-state index contributed by atoms with van der Waals surface area (Å²) in [5.41, 5.74) is 1.30. The highest BCUT2D eigenvalue weighted by Crippen LogP contribution is 2.28. The van der Waals surface area contributed by atoms with E-state index in [1.165, 1.54) is 0 Å². The van der Waals surface area contributed by atoms with Crippen molar-refractivity contribution in [2.75, 3.05) is 11.2 Å². The lowest BCUT2D eigenvalue weighted by atomic mass is 9.95. The molecule has 0 aliphatic heterocycles. The Bertz CT molecular complexity index is 404. The van der Waals surface area contributed by atoms with E-state index >= 15 is 0 Å². The standard InChI is InChI=1S/C12H15BrClNO/c1-8-5-4-6-9(10(8)13)15-11(16)12(2,3)7-14/h4-6H,7H2,1-3H3,(H,15,16). The average Bonchev–Trinajstić information content (AvgIpc) is 2.24. The Morgan fingerprint density at radius 1 is 1.50 bits per heavy atom. The molecule has 0 aliphatic carbocycles. The van der Waals surface area contributed by atoms with Crippen molar-refractivity contribution < 1.29 is 4.79 Å². The summed E-state index contributed by atoms with van der Waals surface area (Å²) in [6.07, 6.45) is 0. The quantitative estimate of drug-likeness (QED) is 0.841. The second kappa shape index (κ2) is 5.19. The van der Waals surface area contributed by atoms with Crippen molar-refractivity contribution in [3.8, 4) is 0 Å². The maximum atomic E-state index is 11.9. The summed E-state index contributed by atoms with van der Waals surface area (Å²) in [5, 5.41) is 2.87. The number of carbonyl (C=O) groups is 1. The molecule has 1 N–H and O–H groups in total. The number of amides is 1. The molecule has 0 unspecified atom stereocenters. The van der Waals surface area contributed by atoms with Crippen LogP contribution >= 0.6 is 27.5 Å².